The highest BCUT2D eigenvalue weighted by Gasteiger charge is 2.08. The molecule has 0 spiro atoms. The van der Waals surface area contributed by atoms with E-state index in [0.717, 1.165) is 23.6 Å². The Morgan fingerprint density at radius 1 is 1.39 bits per heavy atom. The fraction of sp³-hybridized carbons (Fsp3) is 0.273. The van der Waals surface area contributed by atoms with Crippen LogP contribution in [0.1, 0.15) is 12.7 Å². The predicted molar refractivity (Wildman–Crippen MR) is 67.6 cm³/mol. The van der Waals surface area contributed by atoms with Crippen LogP contribution in [0.4, 0.5) is 11.5 Å². The van der Waals surface area contributed by atoms with Crippen molar-refractivity contribution in [2.75, 3.05) is 5.32 Å². The number of hydrogen-bond donors (Lipinski definition) is 2. The number of fused-ring (bicyclic) bond motifs is 1. The molecule has 0 atom stereocenters. The van der Waals surface area contributed by atoms with E-state index in [-0.39, 0.29) is 0 Å². The van der Waals surface area contributed by atoms with Crippen molar-refractivity contribution in [1.82, 2.24) is 29.7 Å². The van der Waals surface area contributed by atoms with Crippen molar-refractivity contribution < 1.29 is 0 Å². The van der Waals surface area contributed by atoms with Crippen molar-refractivity contribution in [1.29, 1.82) is 0 Å². The van der Waals surface area contributed by atoms with Crippen LogP contribution < -0.4 is 5.32 Å². The molecule has 0 saturated carbocycles. The van der Waals surface area contributed by atoms with E-state index in [1.54, 1.807) is 6.20 Å². The predicted octanol–water partition coefficient (Wildman–Crippen LogP) is 1.62. The van der Waals surface area contributed by atoms with Gasteiger partial charge in [0, 0.05) is 12.7 Å². The maximum Gasteiger partial charge on any atom is 0.183 e. The number of hydrogen-bond acceptors (Lipinski definition) is 5. The van der Waals surface area contributed by atoms with E-state index in [1.165, 1.54) is 6.33 Å². The van der Waals surface area contributed by atoms with Gasteiger partial charge in [0.1, 0.15) is 17.7 Å². The van der Waals surface area contributed by atoms with Crippen LogP contribution in [0.25, 0.3) is 11.2 Å². The molecule has 0 unspecified atom stereocenters. The highest BCUT2D eigenvalue weighted by atomic mass is 15.3. The molecule has 92 valence electrons. The third kappa shape index (κ3) is 1.79. The minimum Gasteiger partial charge on any atom is -0.338 e. The van der Waals surface area contributed by atoms with Crippen molar-refractivity contribution in [2.24, 2.45) is 0 Å². The minimum absolute atomic E-state index is 0.660. The van der Waals surface area contributed by atoms with E-state index < -0.39 is 0 Å². The molecule has 18 heavy (non-hydrogen) atoms. The second-order valence-electron chi connectivity index (χ2n) is 3.95. The second-order valence-corrected chi connectivity index (χ2v) is 3.95. The molecule has 0 fully saturated rings. The summed E-state index contributed by atoms with van der Waals surface area (Å²) in [4.78, 5) is 15.7. The first-order valence-corrected chi connectivity index (χ1v) is 5.73. The van der Waals surface area contributed by atoms with Gasteiger partial charge in [-0.2, -0.15) is 5.10 Å². The van der Waals surface area contributed by atoms with Crippen molar-refractivity contribution >= 4 is 22.7 Å². The molecule has 3 aromatic rings. The zero-order chi connectivity index (χ0) is 12.5. The standard InChI is InChI=1S/C11H13N7/c1-3-18-5-8(4-14-18)17-11-9-10(12-6-13-11)16-7(2)15-9/h4-6H,3H2,1-2H3,(H2,12,13,15,16,17). The molecule has 2 N–H and O–H groups in total. The normalized spacial score (nSPS) is 11.0. The lowest BCUT2D eigenvalue weighted by Crippen LogP contribution is -1.95. The molecule has 0 bridgehead atoms. The number of aromatic nitrogens is 6. The highest BCUT2D eigenvalue weighted by molar-refractivity contribution is 5.84. The molecule has 7 nitrogen and oxygen atoms in total. The second kappa shape index (κ2) is 4.10. The van der Waals surface area contributed by atoms with Gasteiger partial charge < -0.3 is 10.3 Å². The van der Waals surface area contributed by atoms with Gasteiger partial charge in [0.05, 0.1) is 11.9 Å². The van der Waals surface area contributed by atoms with E-state index >= 15 is 0 Å². The zero-order valence-electron chi connectivity index (χ0n) is 10.2. The third-order valence-corrected chi connectivity index (χ3v) is 2.63. The molecule has 0 saturated heterocycles. The SMILES string of the molecule is CCn1cc(Nc2ncnc3nc(C)[nH]c23)cn1. The summed E-state index contributed by atoms with van der Waals surface area (Å²) in [5.74, 6) is 1.52. The zero-order valence-corrected chi connectivity index (χ0v) is 10.2. The number of nitrogens with one attached hydrogen (secondary N) is 2. The van der Waals surface area contributed by atoms with Crippen molar-refractivity contribution in [2.45, 2.75) is 20.4 Å². The van der Waals surface area contributed by atoms with Gasteiger partial charge in [0.2, 0.25) is 0 Å². The smallest absolute Gasteiger partial charge is 0.183 e. The van der Waals surface area contributed by atoms with Crippen molar-refractivity contribution in [3.63, 3.8) is 0 Å². The summed E-state index contributed by atoms with van der Waals surface area (Å²) in [6.07, 6.45) is 5.19. The lowest BCUT2D eigenvalue weighted by Gasteiger charge is -2.02. The first-order chi connectivity index (χ1) is 8.76. The van der Waals surface area contributed by atoms with Gasteiger partial charge in [-0.1, -0.05) is 0 Å². The number of aromatic amines is 1. The van der Waals surface area contributed by atoms with Gasteiger partial charge in [-0.05, 0) is 13.8 Å². The summed E-state index contributed by atoms with van der Waals surface area (Å²) >= 11 is 0. The van der Waals surface area contributed by atoms with Crippen LogP contribution in [0, 0.1) is 6.92 Å². The van der Waals surface area contributed by atoms with E-state index in [2.05, 4.69) is 30.4 Å². The molecule has 0 radical (unpaired) electrons. The van der Waals surface area contributed by atoms with Crippen molar-refractivity contribution in [3.05, 3.63) is 24.5 Å². The topological polar surface area (TPSA) is 84.3 Å². The van der Waals surface area contributed by atoms with Crippen LogP contribution >= 0.6 is 0 Å². The summed E-state index contributed by atoms with van der Waals surface area (Å²) in [5.41, 5.74) is 2.36. The van der Waals surface area contributed by atoms with E-state index in [1.807, 2.05) is 24.7 Å². The number of aryl methyl sites for hydroxylation is 2. The Morgan fingerprint density at radius 2 is 2.28 bits per heavy atom. The van der Waals surface area contributed by atoms with Crippen LogP contribution in [-0.4, -0.2) is 29.7 Å². The number of rotatable bonds is 3. The highest BCUT2D eigenvalue weighted by Crippen LogP contribution is 2.20. The van der Waals surface area contributed by atoms with Gasteiger partial charge in [-0.25, -0.2) is 15.0 Å². The largest absolute Gasteiger partial charge is 0.338 e. The van der Waals surface area contributed by atoms with Gasteiger partial charge in [0.15, 0.2) is 11.5 Å². The number of anilines is 2. The van der Waals surface area contributed by atoms with Crippen molar-refractivity contribution in [3.8, 4) is 0 Å². The van der Waals surface area contributed by atoms with Crippen LogP contribution in [0.15, 0.2) is 18.7 Å². The average Bonchev–Trinajstić information content (AvgIpc) is 2.95. The first-order valence-electron chi connectivity index (χ1n) is 5.73. The third-order valence-electron chi connectivity index (χ3n) is 2.63. The Balaban J connectivity index is 1.98. The lowest BCUT2D eigenvalue weighted by atomic mass is 10.4. The summed E-state index contributed by atoms with van der Waals surface area (Å²) in [5, 5.41) is 7.41. The van der Waals surface area contributed by atoms with E-state index in [9.17, 15) is 0 Å². The summed E-state index contributed by atoms with van der Waals surface area (Å²) in [6, 6.07) is 0. The number of imidazole rings is 1. The molecule has 0 amide bonds. The minimum atomic E-state index is 0.660. The molecule has 7 heteroatoms. The molecule has 0 aliphatic carbocycles. The quantitative estimate of drug-likeness (QED) is 0.730. The van der Waals surface area contributed by atoms with Crippen LogP contribution in [0.2, 0.25) is 0 Å². The summed E-state index contributed by atoms with van der Waals surface area (Å²) < 4.78 is 1.85. The molecule has 0 aliphatic heterocycles. The monoisotopic (exact) mass is 243 g/mol. The van der Waals surface area contributed by atoms with Crippen LogP contribution in [-0.2, 0) is 6.54 Å². The summed E-state index contributed by atoms with van der Waals surface area (Å²) in [6.45, 7) is 4.77. The van der Waals surface area contributed by atoms with Crippen LogP contribution in [0.5, 0.6) is 0 Å². The molecule has 0 aromatic carbocycles. The number of H-pyrrole nitrogens is 1. The molecule has 3 aromatic heterocycles. The first kappa shape index (κ1) is 10.7. The molecule has 0 aliphatic rings. The lowest BCUT2D eigenvalue weighted by molar-refractivity contribution is 0.660. The Morgan fingerprint density at radius 3 is 3.06 bits per heavy atom. The Hall–Kier alpha value is -2.44. The maximum absolute atomic E-state index is 4.27. The van der Waals surface area contributed by atoms with E-state index in [0.29, 0.717) is 11.5 Å². The maximum atomic E-state index is 4.27. The molecule has 3 heterocycles. The van der Waals surface area contributed by atoms with Gasteiger partial charge in [-0.3, -0.25) is 4.68 Å². The average molecular weight is 243 g/mol. The fourth-order valence-corrected chi connectivity index (χ4v) is 1.78. The Labute approximate surface area is 103 Å². The van der Waals surface area contributed by atoms with Gasteiger partial charge in [-0.15, -0.1) is 0 Å². The van der Waals surface area contributed by atoms with Gasteiger partial charge >= 0.3 is 0 Å². The molecular weight excluding hydrogens is 230 g/mol. The Bertz CT molecular complexity index is 682. The van der Waals surface area contributed by atoms with E-state index in [4.69, 9.17) is 0 Å². The number of nitrogens with zero attached hydrogens (tertiary/aromatic N) is 5. The fourth-order valence-electron chi connectivity index (χ4n) is 1.78. The summed E-state index contributed by atoms with van der Waals surface area (Å²) in [7, 11) is 0. The molecule has 3 rings (SSSR count). The molecular formula is C11H13N7. The van der Waals surface area contributed by atoms with Crippen LogP contribution in [0.3, 0.4) is 0 Å². The van der Waals surface area contributed by atoms with Gasteiger partial charge in [0.25, 0.3) is 0 Å². The Kier molecular flexibility index (Phi) is 2.44.